The van der Waals surface area contributed by atoms with E-state index in [2.05, 4.69) is 163 Å². The van der Waals surface area contributed by atoms with Crippen LogP contribution in [0.1, 0.15) is 27.8 Å². The van der Waals surface area contributed by atoms with Crippen molar-refractivity contribution < 1.29 is 4.74 Å². The molecule has 0 N–H and O–H groups in total. The molecule has 1 atom stereocenters. The van der Waals surface area contributed by atoms with Crippen molar-refractivity contribution in [3.8, 4) is 22.6 Å². The van der Waals surface area contributed by atoms with Gasteiger partial charge in [-0.15, -0.1) is 11.3 Å². The summed E-state index contributed by atoms with van der Waals surface area (Å²) in [5.41, 5.74) is 11.2. The number of anilines is 3. The van der Waals surface area contributed by atoms with Gasteiger partial charge < -0.3 is 9.64 Å². The first-order chi connectivity index (χ1) is 23.6. The Hall–Kier alpha value is -5.35. The molecule has 8 aromatic rings. The molecule has 0 amide bonds. The second-order valence-corrected chi connectivity index (χ2v) is 14.2. The summed E-state index contributed by atoms with van der Waals surface area (Å²) in [6.07, 6.45) is 0. The molecule has 2 nitrogen and oxygen atoms in total. The molecule has 7 aromatic carbocycles. The highest BCUT2D eigenvalue weighted by atomic mass is 35.5. The Morgan fingerprint density at radius 1 is 0.562 bits per heavy atom. The van der Waals surface area contributed by atoms with Crippen LogP contribution in [-0.2, 0) is 5.41 Å². The fraction of sp³-hybridized carbons (Fsp3) is 0.0455. The Morgan fingerprint density at radius 3 is 2.19 bits per heavy atom. The Morgan fingerprint density at radius 2 is 1.29 bits per heavy atom. The summed E-state index contributed by atoms with van der Waals surface area (Å²) in [7, 11) is 0. The van der Waals surface area contributed by atoms with Gasteiger partial charge in [-0.25, -0.2) is 0 Å². The lowest BCUT2D eigenvalue weighted by atomic mass is 9.66. The summed E-state index contributed by atoms with van der Waals surface area (Å²) in [6.45, 7) is 2.19. The molecule has 228 valence electrons. The number of para-hydroxylation sites is 2. The third-order valence-electron chi connectivity index (χ3n) is 10.0. The van der Waals surface area contributed by atoms with E-state index in [4.69, 9.17) is 16.3 Å². The number of aryl methyl sites for hydroxylation is 1. The zero-order valence-corrected chi connectivity index (χ0v) is 27.6. The highest BCUT2D eigenvalue weighted by Gasteiger charge is 2.51. The summed E-state index contributed by atoms with van der Waals surface area (Å²) in [6, 6.07) is 54.5. The molecular formula is C44H28ClNOS. The van der Waals surface area contributed by atoms with Crippen molar-refractivity contribution in [2.24, 2.45) is 0 Å². The van der Waals surface area contributed by atoms with Crippen molar-refractivity contribution in [2.45, 2.75) is 12.3 Å². The van der Waals surface area contributed by atoms with Crippen LogP contribution in [0.4, 0.5) is 17.1 Å². The van der Waals surface area contributed by atoms with Gasteiger partial charge in [-0.1, -0.05) is 114 Å². The third-order valence-corrected chi connectivity index (χ3v) is 11.4. The maximum atomic E-state index is 6.93. The van der Waals surface area contributed by atoms with Gasteiger partial charge in [0.15, 0.2) is 0 Å². The average molecular weight is 654 g/mol. The maximum absolute atomic E-state index is 6.93. The molecule has 1 aromatic heterocycles. The maximum Gasteiger partial charge on any atom is 0.132 e. The lowest BCUT2D eigenvalue weighted by Gasteiger charge is -2.40. The van der Waals surface area contributed by atoms with Crippen molar-refractivity contribution >= 4 is 60.2 Å². The standard InChI is InChI=1S/C44H28ClNOS/c1-27-19-21-32-31-13-5-7-15-34(31)44(36(32)23-27)35-16-8-9-17-39(35)47-40-22-20-30(26-37(40)44)46(29-11-3-2-4-12-29)38-24-28(45)25-42-43(38)33-14-6-10-18-41(33)48-42/h2-26H,1H3. The van der Waals surface area contributed by atoms with Crippen LogP contribution in [0, 0.1) is 6.92 Å². The van der Waals surface area contributed by atoms with E-state index in [1.807, 2.05) is 0 Å². The SMILES string of the molecule is Cc1ccc2c(c1)C1(c3ccccc3Oc3ccc(N(c4ccccc4)c4cc(Cl)cc5sc6ccccc6c45)cc31)c1ccccc1-2. The van der Waals surface area contributed by atoms with E-state index >= 15 is 0 Å². The molecule has 48 heavy (non-hydrogen) atoms. The Labute approximate surface area is 288 Å². The third kappa shape index (κ3) is 3.80. The summed E-state index contributed by atoms with van der Waals surface area (Å²) in [4.78, 5) is 2.36. The smallest absolute Gasteiger partial charge is 0.132 e. The van der Waals surface area contributed by atoms with Crippen LogP contribution < -0.4 is 9.64 Å². The van der Waals surface area contributed by atoms with Gasteiger partial charge >= 0.3 is 0 Å². The van der Waals surface area contributed by atoms with Crippen molar-refractivity contribution in [3.05, 3.63) is 184 Å². The lowest BCUT2D eigenvalue weighted by Crippen LogP contribution is -2.32. The number of hydrogen-bond donors (Lipinski definition) is 0. The molecule has 1 aliphatic carbocycles. The molecule has 0 saturated heterocycles. The predicted octanol–water partition coefficient (Wildman–Crippen LogP) is 13.0. The zero-order valence-electron chi connectivity index (χ0n) is 26.1. The largest absolute Gasteiger partial charge is 0.457 e. The summed E-state index contributed by atoms with van der Waals surface area (Å²) in [5, 5.41) is 3.14. The molecule has 0 fully saturated rings. The Bertz CT molecular complexity index is 2590. The molecule has 1 aliphatic heterocycles. The highest BCUT2D eigenvalue weighted by Crippen LogP contribution is 2.63. The van der Waals surface area contributed by atoms with Crippen molar-refractivity contribution in [1.29, 1.82) is 0 Å². The molecule has 0 saturated carbocycles. The van der Waals surface area contributed by atoms with Gasteiger partial charge in [-0.3, -0.25) is 0 Å². The van der Waals surface area contributed by atoms with Gasteiger partial charge in [0.25, 0.3) is 0 Å². The number of rotatable bonds is 3. The first kappa shape index (κ1) is 27.7. The van der Waals surface area contributed by atoms with Crippen LogP contribution in [0.25, 0.3) is 31.3 Å². The number of halogens is 1. The molecule has 4 heteroatoms. The fourth-order valence-corrected chi connectivity index (χ4v) is 9.57. The number of ether oxygens (including phenoxy) is 1. The molecule has 2 heterocycles. The lowest BCUT2D eigenvalue weighted by molar-refractivity contribution is 0.436. The highest BCUT2D eigenvalue weighted by molar-refractivity contribution is 7.26. The molecular weight excluding hydrogens is 626 g/mol. The van der Waals surface area contributed by atoms with E-state index in [-0.39, 0.29) is 0 Å². The van der Waals surface area contributed by atoms with Gasteiger partial charge in [0.05, 0.1) is 11.1 Å². The Balaban J connectivity index is 1.31. The van der Waals surface area contributed by atoms with Crippen LogP contribution in [-0.4, -0.2) is 0 Å². The van der Waals surface area contributed by atoms with Crippen LogP contribution in [0.3, 0.4) is 0 Å². The number of nitrogens with zero attached hydrogens (tertiary/aromatic N) is 1. The topological polar surface area (TPSA) is 12.5 Å². The monoisotopic (exact) mass is 653 g/mol. The van der Waals surface area contributed by atoms with Crippen LogP contribution in [0.15, 0.2) is 152 Å². The van der Waals surface area contributed by atoms with E-state index in [1.165, 1.54) is 48.0 Å². The minimum atomic E-state index is -0.556. The molecule has 0 radical (unpaired) electrons. The van der Waals surface area contributed by atoms with Crippen molar-refractivity contribution in [1.82, 2.24) is 0 Å². The van der Waals surface area contributed by atoms with Gasteiger partial charge in [-0.2, -0.15) is 0 Å². The normalized spacial score (nSPS) is 15.5. The zero-order chi connectivity index (χ0) is 32.0. The van der Waals surface area contributed by atoms with Gasteiger partial charge in [-0.05, 0) is 83.8 Å². The van der Waals surface area contributed by atoms with Crippen LogP contribution in [0.2, 0.25) is 5.02 Å². The second kappa shape index (κ2) is 10.3. The van der Waals surface area contributed by atoms with Crippen molar-refractivity contribution in [3.63, 3.8) is 0 Å². The van der Waals surface area contributed by atoms with E-state index < -0.39 is 5.41 Å². The minimum absolute atomic E-state index is 0.556. The van der Waals surface area contributed by atoms with E-state index in [1.54, 1.807) is 11.3 Å². The van der Waals surface area contributed by atoms with E-state index in [9.17, 15) is 0 Å². The second-order valence-electron chi connectivity index (χ2n) is 12.7. The molecule has 0 bridgehead atoms. The van der Waals surface area contributed by atoms with E-state index in [0.29, 0.717) is 5.02 Å². The fourth-order valence-electron chi connectivity index (χ4n) is 8.12. The first-order valence-corrected chi connectivity index (χ1v) is 17.4. The van der Waals surface area contributed by atoms with E-state index in [0.717, 1.165) is 39.7 Å². The van der Waals surface area contributed by atoms with Crippen molar-refractivity contribution in [2.75, 3.05) is 4.90 Å². The minimum Gasteiger partial charge on any atom is -0.457 e. The van der Waals surface area contributed by atoms with Crippen LogP contribution >= 0.6 is 22.9 Å². The van der Waals surface area contributed by atoms with Gasteiger partial charge in [0.2, 0.25) is 0 Å². The molecule has 1 spiro atoms. The van der Waals surface area contributed by atoms with Crippen LogP contribution in [0.5, 0.6) is 11.5 Å². The summed E-state index contributed by atoms with van der Waals surface area (Å²) < 4.78 is 9.18. The van der Waals surface area contributed by atoms with Gasteiger partial charge in [0, 0.05) is 47.7 Å². The average Bonchev–Trinajstić information content (AvgIpc) is 3.62. The molecule has 10 rings (SSSR count). The summed E-state index contributed by atoms with van der Waals surface area (Å²) >= 11 is 8.71. The number of benzene rings is 7. The molecule has 2 aliphatic rings. The number of fused-ring (bicyclic) bond motifs is 12. The first-order valence-electron chi connectivity index (χ1n) is 16.2. The number of thiophene rings is 1. The Kier molecular flexibility index (Phi) is 5.96. The molecule has 1 unspecified atom stereocenters. The summed E-state index contributed by atoms with van der Waals surface area (Å²) in [5.74, 6) is 1.76. The number of hydrogen-bond acceptors (Lipinski definition) is 3. The van der Waals surface area contributed by atoms with Gasteiger partial charge in [0.1, 0.15) is 11.5 Å². The quantitative estimate of drug-likeness (QED) is 0.188. The predicted molar refractivity (Wildman–Crippen MR) is 201 cm³/mol.